The SMILES string of the molecule is CC(C)[C@@H]1NC(=O)/C=C/[C@@H](NC(=O)[C@@H](NC(=O)OCc2ccccc2)C(C)C)COC(=O)[C@H](Cc2ccc(O)cc2)NC1=O. The first kappa shape index (κ1) is 33.6. The molecule has 5 N–H and O–H groups in total. The zero-order chi connectivity index (χ0) is 32.2. The predicted octanol–water partition coefficient (Wildman–Crippen LogP) is 2.11. The van der Waals surface area contributed by atoms with E-state index in [4.69, 9.17) is 9.47 Å². The number of carbonyl (C=O) groups is 5. The van der Waals surface area contributed by atoms with Gasteiger partial charge in [-0.1, -0.05) is 76.2 Å². The highest BCUT2D eigenvalue weighted by Crippen LogP contribution is 2.13. The number of ether oxygens (including phenoxy) is 2. The molecular weight excluding hydrogens is 568 g/mol. The fourth-order valence-electron chi connectivity index (χ4n) is 4.38. The largest absolute Gasteiger partial charge is 0.508 e. The van der Waals surface area contributed by atoms with Crippen molar-refractivity contribution >= 4 is 29.8 Å². The monoisotopic (exact) mass is 608 g/mol. The van der Waals surface area contributed by atoms with Crippen molar-refractivity contribution in [3.05, 3.63) is 77.9 Å². The molecule has 4 atom stereocenters. The van der Waals surface area contributed by atoms with Crippen LogP contribution in [0.5, 0.6) is 5.75 Å². The average molecular weight is 609 g/mol. The lowest BCUT2D eigenvalue weighted by atomic mass is 10.0. The van der Waals surface area contributed by atoms with Crippen LogP contribution in [-0.2, 0) is 41.7 Å². The number of hydrogen-bond donors (Lipinski definition) is 5. The lowest BCUT2D eigenvalue weighted by molar-refractivity contribution is -0.149. The van der Waals surface area contributed by atoms with E-state index in [1.54, 1.807) is 52.0 Å². The number of nitrogens with one attached hydrogen (secondary N) is 4. The number of phenolic OH excluding ortho intramolecular Hbond substituents is 1. The molecular formula is C32H40N4O8. The molecule has 0 unspecified atom stereocenters. The van der Waals surface area contributed by atoms with Crippen LogP contribution in [0.15, 0.2) is 66.7 Å². The fourth-order valence-corrected chi connectivity index (χ4v) is 4.38. The van der Waals surface area contributed by atoms with Gasteiger partial charge in [0.1, 0.15) is 37.1 Å². The van der Waals surface area contributed by atoms with E-state index in [1.165, 1.54) is 18.2 Å². The van der Waals surface area contributed by atoms with Gasteiger partial charge in [0, 0.05) is 12.5 Å². The molecule has 1 heterocycles. The Morgan fingerprint density at radius 1 is 0.977 bits per heavy atom. The van der Waals surface area contributed by atoms with E-state index >= 15 is 0 Å². The molecule has 3 rings (SSSR count). The summed E-state index contributed by atoms with van der Waals surface area (Å²) in [5, 5.41) is 20.2. The highest BCUT2D eigenvalue weighted by atomic mass is 16.5. The molecule has 12 heteroatoms. The van der Waals surface area contributed by atoms with Gasteiger partial charge >= 0.3 is 12.1 Å². The summed E-state index contributed by atoms with van der Waals surface area (Å²) in [5.74, 6) is -3.07. The molecule has 1 aliphatic heterocycles. The van der Waals surface area contributed by atoms with Crippen LogP contribution in [0.4, 0.5) is 4.79 Å². The molecule has 44 heavy (non-hydrogen) atoms. The summed E-state index contributed by atoms with van der Waals surface area (Å²) in [6.45, 7) is 6.66. The van der Waals surface area contributed by atoms with Crippen molar-refractivity contribution in [2.45, 2.75) is 64.9 Å². The minimum Gasteiger partial charge on any atom is -0.508 e. The zero-order valence-electron chi connectivity index (χ0n) is 25.2. The normalized spacial score (nSPS) is 20.7. The number of phenols is 1. The van der Waals surface area contributed by atoms with E-state index in [9.17, 15) is 29.1 Å². The molecule has 0 spiro atoms. The topological polar surface area (TPSA) is 172 Å². The quantitative estimate of drug-likeness (QED) is 0.269. The molecule has 2 aromatic carbocycles. The Hall–Kier alpha value is -4.87. The van der Waals surface area contributed by atoms with Crippen molar-refractivity contribution in [1.82, 2.24) is 21.3 Å². The van der Waals surface area contributed by atoms with Gasteiger partial charge in [0.15, 0.2) is 0 Å². The molecule has 12 nitrogen and oxygen atoms in total. The van der Waals surface area contributed by atoms with Crippen molar-refractivity contribution < 1.29 is 38.6 Å². The van der Waals surface area contributed by atoms with Gasteiger partial charge in [0.2, 0.25) is 17.7 Å². The molecule has 236 valence electrons. The Morgan fingerprint density at radius 2 is 1.66 bits per heavy atom. The summed E-state index contributed by atoms with van der Waals surface area (Å²) in [6, 6.07) is 11.2. The number of amides is 4. The minimum atomic E-state index is -1.12. The third-order valence-electron chi connectivity index (χ3n) is 6.87. The first-order valence-electron chi connectivity index (χ1n) is 14.4. The smallest absolute Gasteiger partial charge is 0.408 e. The van der Waals surface area contributed by atoms with Crippen LogP contribution >= 0.6 is 0 Å². The van der Waals surface area contributed by atoms with Crippen LogP contribution in [0.1, 0.15) is 38.8 Å². The van der Waals surface area contributed by atoms with E-state index in [1.807, 2.05) is 18.2 Å². The van der Waals surface area contributed by atoms with Crippen LogP contribution in [-0.4, -0.2) is 65.7 Å². The van der Waals surface area contributed by atoms with E-state index in [-0.39, 0.29) is 37.2 Å². The van der Waals surface area contributed by atoms with Gasteiger partial charge in [-0.25, -0.2) is 9.59 Å². The maximum Gasteiger partial charge on any atom is 0.408 e. The first-order valence-corrected chi connectivity index (χ1v) is 14.4. The Labute approximate surface area is 256 Å². The van der Waals surface area contributed by atoms with E-state index in [0.29, 0.717) is 5.56 Å². The lowest BCUT2D eigenvalue weighted by Crippen LogP contribution is -2.55. The van der Waals surface area contributed by atoms with E-state index in [2.05, 4.69) is 21.3 Å². The lowest BCUT2D eigenvalue weighted by Gasteiger charge is -2.27. The summed E-state index contributed by atoms with van der Waals surface area (Å²) in [7, 11) is 0. The second-order valence-electron chi connectivity index (χ2n) is 11.2. The number of carbonyl (C=O) groups excluding carboxylic acids is 5. The molecule has 0 aliphatic carbocycles. The summed E-state index contributed by atoms with van der Waals surface area (Å²) in [5.41, 5.74) is 1.43. The Morgan fingerprint density at radius 3 is 2.30 bits per heavy atom. The first-order chi connectivity index (χ1) is 20.9. The van der Waals surface area contributed by atoms with Crippen molar-refractivity contribution in [3.8, 4) is 5.75 Å². The molecule has 0 saturated carbocycles. The molecule has 0 aromatic heterocycles. The van der Waals surface area contributed by atoms with Gasteiger partial charge in [0.05, 0.1) is 6.04 Å². The number of esters is 1. The minimum absolute atomic E-state index is 0.0226. The maximum atomic E-state index is 13.3. The number of aromatic hydroxyl groups is 1. The molecule has 4 amide bonds. The number of benzene rings is 2. The predicted molar refractivity (Wildman–Crippen MR) is 161 cm³/mol. The third kappa shape index (κ3) is 10.4. The highest BCUT2D eigenvalue weighted by molar-refractivity contribution is 5.95. The number of alkyl carbamates (subject to hydrolysis) is 1. The van der Waals surface area contributed by atoms with Gasteiger partial charge in [0.25, 0.3) is 0 Å². The summed E-state index contributed by atoms with van der Waals surface area (Å²) >= 11 is 0. The van der Waals surface area contributed by atoms with Crippen molar-refractivity contribution in [2.24, 2.45) is 11.8 Å². The second kappa shape index (κ2) is 16.1. The zero-order valence-corrected chi connectivity index (χ0v) is 25.2. The molecule has 0 fully saturated rings. The fraction of sp³-hybridized carbons (Fsp3) is 0.406. The van der Waals surface area contributed by atoms with Crippen LogP contribution in [0, 0.1) is 11.8 Å². The van der Waals surface area contributed by atoms with Crippen molar-refractivity contribution in [3.63, 3.8) is 0 Å². The molecule has 2 aromatic rings. The van der Waals surface area contributed by atoms with Gasteiger partial charge in [-0.05, 0) is 35.1 Å². The highest BCUT2D eigenvalue weighted by Gasteiger charge is 2.31. The van der Waals surface area contributed by atoms with Crippen molar-refractivity contribution in [1.29, 1.82) is 0 Å². The van der Waals surface area contributed by atoms with Gasteiger partial charge < -0.3 is 35.8 Å². The van der Waals surface area contributed by atoms with Crippen LogP contribution < -0.4 is 21.3 Å². The van der Waals surface area contributed by atoms with Gasteiger partial charge in [-0.15, -0.1) is 0 Å². The van der Waals surface area contributed by atoms with Gasteiger partial charge in [-0.2, -0.15) is 0 Å². The molecule has 0 bridgehead atoms. The number of cyclic esters (lactones) is 1. The van der Waals surface area contributed by atoms with Crippen LogP contribution in [0.25, 0.3) is 0 Å². The summed E-state index contributed by atoms with van der Waals surface area (Å²) in [4.78, 5) is 64.8. The molecule has 0 radical (unpaired) electrons. The van der Waals surface area contributed by atoms with Crippen molar-refractivity contribution in [2.75, 3.05) is 6.61 Å². The molecule has 1 aliphatic rings. The number of hydrogen-bond acceptors (Lipinski definition) is 8. The van der Waals surface area contributed by atoms with E-state index < -0.39 is 54.0 Å². The molecule has 0 saturated heterocycles. The van der Waals surface area contributed by atoms with Crippen LogP contribution in [0.2, 0.25) is 0 Å². The third-order valence-corrected chi connectivity index (χ3v) is 6.87. The Bertz CT molecular complexity index is 1330. The summed E-state index contributed by atoms with van der Waals surface area (Å²) < 4.78 is 10.8. The second-order valence-corrected chi connectivity index (χ2v) is 11.2. The standard InChI is InChI=1S/C32H40N4O8/c1-19(2)27-30(40)34-25(16-21-10-13-24(37)14-11-21)31(41)43-18-23(12-15-26(38)35-27)33-29(39)28(20(3)4)36-32(42)44-17-22-8-6-5-7-9-22/h5-15,19-20,23,25,27-28,37H,16-18H2,1-4H3,(H,33,39)(H,34,40)(H,35,38)(H,36,42)/b15-12+/t23-,25+,27+,28+/m1/s1. The Kier molecular flexibility index (Phi) is 12.3. The Balaban J connectivity index is 1.75. The number of rotatable bonds is 9. The average Bonchev–Trinajstić information content (AvgIpc) is 2.99. The summed E-state index contributed by atoms with van der Waals surface area (Å²) in [6.07, 6.45) is 1.79. The van der Waals surface area contributed by atoms with Crippen LogP contribution in [0.3, 0.4) is 0 Å². The van der Waals surface area contributed by atoms with E-state index in [0.717, 1.165) is 11.6 Å². The maximum absolute atomic E-state index is 13.3. The van der Waals surface area contributed by atoms with Gasteiger partial charge in [-0.3, -0.25) is 14.4 Å².